The normalized spacial score (nSPS) is 13.2. The zero-order chi connectivity index (χ0) is 17.9. The van der Waals surface area contributed by atoms with Crippen molar-refractivity contribution >= 4 is 28.5 Å². The first-order chi connectivity index (χ1) is 12.0. The van der Waals surface area contributed by atoms with Gasteiger partial charge >= 0.3 is 11.8 Å². The number of para-hydroxylation sites is 2. The summed E-state index contributed by atoms with van der Waals surface area (Å²) >= 11 is 0. The van der Waals surface area contributed by atoms with Crippen LogP contribution in [-0.4, -0.2) is 23.5 Å². The van der Waals surface area contributed by atoms with E-state index in [0.29, 0.717) is 17.0 Å². The Bertz CT molecular complexity index is 867. The minimum absolute atomic E-state index is 0.159. The van der Waals surface area contributed by atoms with Gasteiger partial charge < -0.3 is 20.2 Å². The molecule has 0 bridgehead atoms. The van der Waals surface area contributed by atoms with Gasteiger partial charge in [0.15, 0.2) is 0 Å². The lowest BCUT2D eigenvalue weighted by atomic mass is 10.0. The van der Waals surface area contributed by atoms with Gasteiger partial charge in [-0.3, -0.25) is 9.59 Å². The average Bonchev–Trinajstić information content (AvgIpc) is 3.06. The molecule has 128 valence electrons. The number of carbonyl (C=O) groups is 2. The highest BCUT2D eigenvalue weighted by molar-refractivity contribution is 6.39. The Balaban J connectivity index is 1.63. The van der Waals surface area contributed by atoms with Gasteiger partial charge in [-0.25, -0.2) is 0 Å². The van der Waals surface area contributed by atoms with Crippen molar-refractivity contribution in [2.75, 3.05) is 11.9 Å². The van der Waals surface area contributed by atoms with Crippen LogP contribution in [0.5, 0.6) is 0 Å². The van der Waals surface area contributed by atoms with E-state index >= 15 is 0 Å². The highest BCUT2D eigenvalue weighted by Gasteiger charge is 2.29. The predicted molar refractivity (Wildman–Crippen MR) is 93.9 cm³/mol. The van der Waals surface area contributed by atoms with Gasteiger partial charge in [-0.05, 0) is 31.2 Å². The van der Waals surface area contributed by atoms with Gasteiger partial charge in [0.25, 0.3) is 0 Å². The Labute approximate surface area is 144 Å². The van der Waals surface area contributed by atoms with Gasteiger partial charge in [0.05, 0.1) is 6.54 Å². The zero-order valence-electron chi connectivity index (χ0n) is 13.7. The summed E-state index contributed by atoms with van der Waals surface area (Å²) in [5.74, 6) is -1.32. The summed E-state index contributed by atoms with van der Waals surface area (Å²) in [6, 6.07) is 17.7. The quantitative estimate of drug-likeness (QED) is 0.637. The lowest BCUT2D eigenvalue weighted by Crippen LogP contribution is -2.43. The van der Waals surface area contributed by atoms with Gasteiger partial charge in [0.1, 0.15) is 16.9 Å². The summed E-state index contributed by atoms with van der Waals surface area (Å²) in [5, 5.41) is 16.3. The molecule has 0 radical (unpaired) electrons. The fraction of sp³-hybridized carbons (Fsp3) is 0.158. The fourth-order valence-electron chi connectivity index (χ4n) is 2.38. The molecule has 2 amide bonds. The number of hydrogen-bond donors (Lipinski definition) is 3. The molecule has 2 aromatic carbocycles. The molecule has 3 rings (SSSR count). The first-order valence-corrected chi connectivity index (χ1v) is 7.81. The molecule has 6 heteroatoms. The Hall–Kier alpha value is -3.12. The lowest BCUT2D eigenvalue weighted by molar-refractivity contribution is -0.136. The van der Waals surface area contributed by atoms with Crippen LogP contribution in [0.15, 0.2) is 65.1 Å². The van der Waals surface area contributed by atoms with Crippen LogP contribution in [0.3, 0.4) is 0 Å². The topological polar surface area (TPSA) is 91.6 Å². The first kappa shape index (κ1) is 16.7. The van der Waals surface area contributed by atoms with Gasteiger partial charge in [0.2, 0.25) is 0 Å². The second-order valence-corrected chi connectivity index (χ2v) is 5.93. The first-order valence-electron chi connectivity index (χ1n) is 7.81. The lowest BCUT2D eigenvalue weighted by Gasteiger charge is -2.20. The summed E-state index contributed by atoms with van der Waals surface area (Å²) in [6.45, 7) is 1.36. The second kappa shape index (κ2) is 6.78. The van der Waals surface area contributed by atoms with Gasteiger partial charge in [-0.15, -0.1) is 0 Å². The largest absolute Gasteiger partial charge is 0.458 e. The molecule has 3 N–H and O–H groups in total. The maximum absolute atomic E-state index is 11.9. The molecular formula is C19H18N2O4. The van der Waals surface area contributed by atoms with Crippen molar-refractivity contribution in [3.05, 3.63) is 66.4 Å². The maximum Gasteiger partial charge on any atom is 0.313 e. The zero-order valence-corrected chi connectivity index (χ0v) is 13.7. The van der Waals surface area contributed by atoms with Crippen molar-refractivity contribution in [2.45, 2.75) is 12.5 Å². The molecule has 1 unspecified atom stereocenters. The van der Waals surface area contributed by atoms with E-state index in [0.717, 1.165) is 5.39 Å². The van der Waals surface area contributed by atoms with E-state index in [1.54, 1.807) is 42.5 Å². The summed E-state index contributed by atoms with van der Waals surface area (Å²) in [4.78, 5) is 23.8. The SMILES string of the molecule is CC(O)(CNC(=O)C(=O)Nc1ccccc1)c1cc2ccccc2o1. The average molecular weight is 338 g/mol. The highest BCUT2D eigenvalue weighted by Crippen LogP contribution is 2.27. The number of nitrogens with one attached hydrogen (secondary N) is 2. The number of fused-ring (bicyclic) bond motifs is 1. The second-order valence-electron chi connectivity index (χ2n) is 5.93. The van der Waals surface area contributed by atoms with Crippen LogP contribution < -0.4 is 10.6 Å². The molecule has 0 fully saturated rings. The van der Waals surface area contributed by atoms with E-state index in [1.165, 1.54) is 6.92 Å². The molecule has 0 spiro atoms. The number of amides is 2. The van der Waals surface area contributed by atoms with Gasteiger partial charge in [0, 0.05) is 11.1 Å². The summed E-state index contributed by atoms with van der Waals surface area (Å²) in [7, 11) is 0. The van der Waals surface area contributed by atoms with Crippen molar-refractivity contribution in [1.29, 1.82) is 0 Å². The van der Waals surface area contributed by atoms with Crippen molar-refractivity contribution in [1.82, 2.24) is 5.32 Å². The smallest absolute Gasteiger partial charge is 0.313 e. The summed E-state index contributed by atoms with van der Waals surface area (Å²) in [5.41, 5.74) is -0.278. The van der Waals surface area contributed by atoms with Crippen LogP contribution in [0.2, 0.25) is 0 Å². The van der Waals surface area contributed by atoms with E-state index in [1.807, 2.05) is 18.2 Å². The minimum Gasteiger partial charge on any atom is -0.458 e. The van der Waals surface area contributed by atoms with Gasteiger partial charge in [-0.1, -0.05) is 36.4 Å². The standard InChI is InChI=1S/C19H18N2O4/c1-19(24,16-11-13-7-5-6-10-15(13)25-16)12-20-17(22)18(23)21-14-8-3-2-4-9-14/h2-11,24H,12H2,1H3,(H,20,22)(H,21,23). The number of aliphatic hydroxyl groups is 1. The Morgan fingerprint density at radius 1 is 1.04 bits per heavy atom. The molecule has 1 heterocycles. The molecule has 0 saturated carbocycles. The molecule has 0 aliphatic rings. The number of carbonyl (C=O) groups excluding carboxylic acids is 2. The van der Waals surface area contributed by atoms with Crippen molar-refractivity contribution in [2.24, 2.45) is 0 Å². The monoisotopic (exact) mass is 338 g/mol. The Kier molecular flexibility index (Phi) is 4.54. The number of rotatable bonds is 4. The van der Waals surface area contributed by atoms with E-state index in [9.17, 15) is 14.7 Å². The van der Waals surface area contributed by atoms with Gasteiger partial charge in [-0.2, -0.15) is 0 Å². The van der Waals surface area contributed by atoms with Crippen molar-refractivity contribution in [3.8, 4) is 0 Å². The highest BCUT2D eigenvalue weighted by atomic mass is 16.4. The van der Waals surface area contributed by atoms with Crippen LogP contribution in [0.1, 0.15) is 12.7 Å². The third-order valence-electron chi connectivity index (χ3n) is 3.79. The van der Waals surface area contributed by atoms with Crippen LogP contribution in [0, 0.1) is 0 Å². The third kappa shape index (κ3) is 3.87. The predicted octanol–water partition coefficient (Wildman–Crippen LogP) is 2.40. The Morgan fingerprint density at radius 3 is 2.44 bits per heavy atom. The number of hydrogen-bond acceptors (Lipinski definition) is 4. The number of furan rings is 1. The summed E-state index contributed by atoms with van der Waals surface area (Å²) in [6.07, 6.45) is 0. The van der Waals surface area contributed by atoms with E-state index in [-0.39, 0.29) is 6.54 Å². The molecular weight excluding hydrogens is 320 g/mol. The van der Waals surface area contributed by atoms with E-state index in [4.69, 9.17) is 4.42 Å². The molecule has 3 aromatic rings. The molecule has 0 aliphatic carbocycles. The molecule has 1 atom stereocenters. The molecule has 6 nitrogen and oxygen atoms in total. The van der Waals surface area contributed by atoms with Crippen molar-refractivity contribution in [3.63, 3.8) is 0 Å². The minimum atomic E-state index is -1.44. The number of anilines is 1. The fourth-order valence-corrected chi connectivity index (χ4v) is 2.38. The van der Waals surface area contributed by atoms with Crippen LogP contribution in [0.4, 0.5) is 5.69 Å². The van der Waals surface area contributed by atoms with Crippen LogP contribution >= 0.6 is 0 Å². The van der Waals surface area contributed by atoms with Crippen LogP contribution in [-0.2, 0) is 15.2 Å². The number of benzene rings is 2. The Morgan fingerprint density at radius 2 is 1.72 bits per heavy atom. The van der Waals surface area contributed by atoms with Crippen molar-refractivity contribution < 1.29 is 19.1 Å². The molecule has 0 aliphatic heterocycles. The maximum atomic E-state index is 11.9. The molecule has 1 aromatic heterocycles. The molecule has 0 saturated heterocycles. The third-order valence-corrected chi connectivity index (χ3v) is 3.79. The molecule has 25 heavy (non-hydrogen) atoms. The summed E-state index contributed by atoms with van der Waals surface area (Å²) < 4.78 is 5.62. The van der Waals surface area contributed by atoms with E-state index < -0.39 is 17.4 Å². The van der Waals surface area contributed by atoms with Crippen LogP contribution in [0.25, 0.3) is 11.0 Å². The van der Waals surface area contributed by atoms with E-state index in [2.05, 4.69) is 10.6 Å².